The van der Waals surface area contributed by atoms with E-state index in [0.717, 1.165) is 0 Å². The number of hydrogen-bond acceptors (Lipinski definition) is 3. The summed E-state index contributed by atoms with van der Waals surface area (Å²) in [5.74, 6) is 0. The normalized spacial score (nSPS) is 19.5. The Labute approximate surface area is 144 Å². The second-order valence-electron chi connectivity index (χ2n) is 9.58. The fraction of sp³-hybridized carbons (Fsp3) is 1.00. The van der Waals surface area contributed by atoms with Crippen molar-refractivity contribution in [3.63, 3.8) is 0 Å². The molecule has 1 rings (SSSR count). The van der Waals surface area contributed by atoms with Gasteiger partial charge in [0.05, 0.1) is 0 Å². The van der Waals surface area contributed by atoms with Crippen molar-refractivity contribution in [3.05, 3.63) is 0 Å². The zero-order chi connectivity index (χ0) is 17.2. The molecule has 132 valence electrons. The summed E-state index contributed by atoms with van der Waals surface area (Å²) in [7, 11) is 0. The van der Waals surface area contributed by atoms with Gasteiger partial charge in [0.1, 0.15) is 0 Å². The average Bonchev–Trinajstić information content (AvgIpc) is 2.22. The first-order chi connectivity index (χ1) is 9.73. The van der Waals surface area contributed by atoms with Crippen LogP contribution in [0.3, 0.4) is 0 Å². The Balaban J connectivity index is 3.20. The molecule has 0 unspecified atom stereocenters. The monoisotopic (exact) mass is 422 g/mol. The van der Waals surface area contributed by atoms with Gasteiger partial charge in [0.2, 0.25) is 0 Å². The van der Waals surface area contributed by atoms with Crippen molar-refractivity contribution in [3.8, 4) is 0 Å². The van der Waals surface area contributed by atoms with Crippen LogP contribution in [-0.4, -0.2) is 36.4 Å². The minimum absolute atomic E-state index is 0.232. The molecule has 0 aromatic heterocycles. The van der Waals surface area contributed by atoms with Crippen LogP contribution >= 0.6 is 0 Å². The van der Waals surface area contributed by atoms with Gasteiger partial charge in [0, 0.05) is 0 Å². The molecule has 1 aliphatic carbocycles. The molecule has 0 atom stereocenters. The summed E-state index contributed by atoms with van der Waals surface area (Å²) >= 11 is -3.73. The van der Waals surface area contributed by atoms with Gasteiger partial charge in [-0.25, -0.2) is 0 Å². The summed E-state index contributed by atoms with van der Waals surface area (Å²) < 4.78 is 20.5. The van der Waals surface area contributed by atoms with Crippen LogP contribution in [-0.2, 0) is 9.22 Å². The third-order valence-corrected chi connectivity index (χ3v) is 15.6. The summed E-state index contributed by atoms with van der Waals surface area (Å²) in [4.78, 5) is 0. The van der Waals surface area contributed by atoms with Crippen molar-refractivity contribution in [1.82, 2.24) is 0 Å². The van der Waals surface area contributed by atoms with Crippen molar-refractivity contribution in [2.45, 2.75) is 115 Å². The molecule has 1 aliphatic rings. The Morgan fingerprint density at radius 2 is 0.909 bits per heavy atom. The molecule has 0 saturated heterocycles. The van der Waals surface area contributed by atoms with Crippen LogP contribution < -0.4 is 0 Å². The summed E-state index contributed by atoms with van der Waals surface area (Å²) in [5, 5.41) is 0. The van der Waals surface area contributed by atoms with E-state index in [-0.39, 0.29) is 16.8 Å². The first-order valence-corrected chi connectivity index (χ1v) is 14.0. The maximum absolute atomic E-state index is 6.68. The predicted molar refractivity (Wildman–Crippen MR) is 95.1 cm³/mol. The molecule has 3 nitrogen and oxygen atoms in total. The van der Waals surface area contributed by atoms with Crippen LogP contribution in [0.1, 0.15) is 94.4 Å². The van der Waals surface area contributed by atoms with Gasteiger partial charge >= 0.3 is 144 Å². The number of hydrogen-bond donors (Lipinski definition) is 0. The van der Waals surface area contributed by atoms with E-state index in [1.165, 1.54) is 32.1 Å². The van der Waals surface area contributed by atoms with Gasteiger partial charge in [-0.05, 0) is 0 Å². The third-order valence-electron chi connectivity index (χ3n) is 3.45. The molecule has 0 spiro atoms. The molecular formula is C18H38O3Sn. The molecule has 0 N–H and O–H groups in total. The Bertz CT molecular complexity index is 300. The second-order valence-corrected chi connectivity index (χ2v) is 17.1. The Morgan fingerprint density at radius 3 is 1.18 bits per heavy atom. The molecule has 4 heteroatoms. The van der Waals surface area contributed by atoms with Gasteiger partial charge in [-0.2, -0.15) is 0 Å². The molecule has 0 aromatic rings. The van der Waals surface area contributed by atoms with E-state index < -0.39 is 19.6 Å². The van der Waals surface area contributed by atoms with E-state index in [9.17, 15) is 0 Å². The molecule has 0 heterocycles. The fourth-order valence-electron chi connectivity index (χ4n) is 3.05. The summed E-state index contributed by atoms with van der Waals surface area (Å²) in [6, 6.07) is 0. The maximum atomic E-state index is 6.68. The van der Waals surface area contributed by atoms with E-state index in [0.29, 0.717) is 3.93 Å². The summed E-state index contributed by atoms with van der Waals surface area (Å²) in [6.07, 6.45) is 6.27. The van der Waals surface area contributed by atoms with Gasteiger partial charge in [0.15, 0.2) is 0 Å². The molecule has 0 aliphatic heterocycles. The van der Waals surface area contributed by atoms with Crippen molar-refractivity contribution in [2.75, 3.05) is 0 Å². The van der Waals surface area contributed by atoms with Crippen molar-refractivity contribution in [2.24, 2.45) is 0 Å². The van der Waals surface area contributed by atoms with E-state index >= 15 is 0 Å². The second kappa shape index (κ2) is 7.28. The van der Waals surface area contributed by atoms with E-state index in [2.05, 4.69) is 62.3 Å². The Morgan fingerprint density at radius 1 is 0.591 bits per heavy atom. The van der Waals surface area contributed by atoms with Gasteiger partial charge in [-0.1, -0.05) is 0 Å². The van der Waals surface area contributed by atoms with Crippen molar-refractivity contribution in [1.29, 1.82) is 0 Å². The van der Waals surface area contributed by atoms with Crippen molar-refractivity contribution >= 4 is 19.6 Å². The molecule has 0 aromatic carbocycles. The Kier molecular flexibility index (Phi) is 6.86. The fourth-order valence-corrected chi connectivity index (χ4v) is 15.3. The average molecular weight is 421 g/mol. The predicted octanol–water partition coefficient (Wildman–Crippen LogP) is 5.70. The van der Waals surface area contributed by atoms with Crippen LogP contribution in [0.2, 0.25) is 3.93 Å². The molecule has 1 saturated carbocycles. The third kappa shape index (κ3) is 7.50. The zero-order valence-corrected chi connectivity index (χ0v) is 19.2. The number of rotatable bonds is 4. The van der Waals surface area contributed by atoms with E-state index in [1.54, 1.807) is 0 Å². The summed E-state index contributed by atoms with van der Waals surface area (Å²) in [5.41, 5.74) is -0.696. The molecule has 22 heavy (non-hydrogen) atoms. The summed E-state index contributed by atoms with van der Waals surface area (Å²) in [6.45, 7) is 19.1. The molecular weight excluding hydrogens is 383 g/mol. The van der Waals surface area contributed by atoms with Crippen LogP contribution in [0, 0.1) is 0 Å². The van der Waals surface area contributed by atoms with E-state index in [4.69, 9.17) is 9.22 Å². The molecule has 1 fully saturated rings. The topological polar surface area (TPSA) is 27.7 Å². The Hall–Kier alpha value is 0.679. The molecule has 0 bridgehead atoms. The molecule has 0 amide bonds. The van der Waals surface area contributed by atoms with Gasteiger partial charge < -0.3 is 0 Å². The quantitative estimate of drug-likeness (QED) is 0.545. The van der Waals surface area contributed by atoms with Gasteiger partial charge in [0.25, 0.3) is 0 Å². The van der Waals surface area contributed by atoms with E-state index in [1.807, 2.05) is 0 Å². The SMILES string of the molecule is CC(C)(C)[O][Sn]([O]C(C)(C)C)([O]C(C)(C)C)[CH]1CCCCC1. The van der Waals surface area contributed by atoms with Crippen LogP contribution in [0.25, 0.3) is 0 Å². The zero-order valence-electron chi connectivity index (χ0n) is 16.3. The van der Waals surface area contributed by atoms with Crippen LogP contribution in [0.5, 0.6) is 0 Å². The first-order valence-electron chi connectivity index (χ1n) is 8.83. The first kappa shape index (κ1) is 20.7. The standard InChI is InChI=1S/C6H11.3C4H9O.Sn/c1-2-4-6-5-3-1;3*1-4(2,3)5;/h1H,2-6H2;3*1-3H3;/q;3*-1;+3. The minimum atomic E-state index is -3.73. The van der Waals surface area contributed by atoms with Crippen molar-refractivity contribution < 1.29 is 9.22 Å². The van der Waals surface area contributed by atoms with Gasteiger partial charge in [-0.15, -0.1) is 0 Å². The van der Waals surface area contributed by atoms with Crippen LogP contribution in [0.4, 0.5) is 0 Å². The van der Waals surface area contributed by atoms with Crippen LogP contribution in [0.15, 0.2) is 0 Å². The van der Waals surface area contributed by atoms with Gasteiger partial charge in [-0.3, -0.25) is 0 Å². The molecule has 0 radical (unpaired) electrons.